The molecule has 17 heavy (non-hydrogen) atoms. The summed E-state index contributed by atoms with van der Waals surface area (Å²) in [7, 11) is 0. The third-order valence-electron chi connectivity index (χ3n) is 3.42. The average molecular weight is 254 g/mol. The first-order valence-electron chi connectivity index (χ1n) is 6.44. The maximum absolute atomic E-state index is 5.91. The summed E-state index contributed by atoms with van der Waals surface area (Å²) in [5, 5.41) is 8.43. The Morgan fingerprint density at radius 1 is 1.24 bits per heavy atom. The van der Waals surface area contributed by atoms with Gasteiger partial charge in [-0.1, -0.05) is 19.3 Å². The van der Waals surface area contributed by atoms with Crippen molar-refractivity contribution in [1.82, 2.24) is 10.2 Å². The SMILES string of the molecule is Cc1ccc(N(CCCl)C2CCCCC2)nn1. The number of halogens is 1. The lowest BCUT2D eigenvalue weighted by Gasteiger charge is -2.34. The van der Waals surface area contributed by atoms with Crippen LogP contribution in [0.5, 0.6) is 0 Å². The Hall–Kier alpha value is -0.830. The molecule has 2 rings (SSSR count). The Bertz CT molecular complexity index is 333. The summed E-state index contributed by atoms with van der Waals surface area (Å²) in [4.78, 5) is 2.33. The van der Waals surface area contributed by atoms with E-state index in [0.29, 0.717) is 11.9 Å². The zero-order valence-corrected chi connectivity index (χ0v) is 11.2. The molecule has 0 atom stereocenters. The molecule has 1 aliphatic carbocycles. The molecule has 1 aromatic heterocycles. The second-order valence-corrected chi connectivity index (χ2v) is 5.09. The van der Waals surface area contributed by atoms with Crippen molar-refractivity contribution in [3.8, 4) is 0 Å². The van der Waals surface area contributed by atoms with Gasteiger partial charge in [0, 0.05) is 18.5 Å². The highest BCUT2D eigenvalue weighted by molar-refractivity contribution is 6.18. The lowest BCUT2D eigenvalue weighted by molar-refractivity contribution is 0.416. The molecule has 0 amide bonds. The van der Waals surface area contributed by atoms with Gasteiger partial charge < -0.3 is 4.90 Å². The summed E-state index contributed by atoms with van der Waals surface area (Å²) >= 11 is 5.91. The predicted octanol–water partition coefficient (Wildman–Crippen LogP) is 3.16. The number of anilines is 1. The number of aryl methyl sites for hydroxylation is 1. The highest BCUT2D eigenvalue weighted by Crippen LogP contribution is 2.25. The van der Waals surface area contributed by atoms with Crippen LogP contribution >= 0.6 is 11.6 Å². The van der Waals surface area contributed by atoms with Crippen LogP contribution in [0.2, 0.25) is 0 Å². The number of alkyl halides is 1. The van der Waals surface area contributed by atoms with Crippen LogP contribution < -0.4 is 4.90 Å². The standard InChI is InChI=1S/C13H20ClN3/c1-11-7-8-13(16-15-11)17(10-9-14)12-5-3-2-4-6-12/h7-8,12H,2-6,9-10H2,1H3. The maximum atomic E-state index is 5.91. The van der Waals surface area contributed by atoms with Gasteiger partial charge in [0.2, 0.25) is 0 Å². The van der Waals surface area contributed by atoms with Gasteiger partial charge in [-0.05, 0) is 31.9 Å². The second-order valence-electron chi connectivity index (χ2n) is 4.71. The Morgan fingerprint density at radius 3 is 2.59 bits per heavy atom. The Labute approximate surface area is 108 Å². The first-order chi connectivity index (χ1) is 8.31. The van der Waals surface area contributed by atoms with Crippen molar-refractivity contribution in [2.24, 2.45) is 0 Å². The molecular formula is C13H20ClN3. The minimum Gasteiger partial charge on any atom is -0.351 e. The largest absolute Gasteiger partial charge is 0.351 e. The number of hydrogen-bond acceptors (Lipinski definition) is 3. The first kappa shape index (κ1) is 12.6. The Balaban J connectivity index is 2.12. The Kier molecular flexibility index (Phi) is 4.60. The number of hydrogen-bond donors (Lipinski definition) is 0. The Morgan fingerprint density at radius 2 is 2.00 bits per heavy atom. The molecule has 1 heterocycles. The third-order valence-corrected chi connectivity index (χ3v) is 3.59. The minimum absolute atomic E-state index is 0.597. The van der Waals surface area contributed by atoms with Gasteiger partial charge in [-0.3, -0.25) is 0 Å². The summed E-state index contributed by atoms with van der Waals surface area (Å²) in [6, 6.07) is 4.68. The second kappa shape index (κ2) is 6.20. The van der Waals surface area contributed by atoms with E-state index in [1.165, 1.54) is 32.1 Å². The molecule has 0 bridgehead atoms. The highest BCUT2D eigenvalue weighted by atomic mass is 35.5. The van der Waals surface area contributed by atoms with Crippen molar-refractivity contribution in [3.05, 3.63) is 17.8 Å². The maximum Gasteiger partial charge on any atom is 0.151 e. The lowest BCUT2D eigenvalue weighted by Crippen LogP contribution is -2.39. The van der Waals surface area contributed by atoms with E-state index in [9.17, 15) is 0 Å². The van der Waals surface area contributed by atoms with Gasteiger partial charge >= 0.3 is 0 Å². The van der Waals surface area contributed by atoms with E-state index in [-0.39, 0.29) is 0 Å². The van der Waals surface area contributed by atoms with Gasteiger partial charge in [0.15, 0.2) is 5.82 Å². The number of rotatable bonds is 4. The summed E-state index contributed by atoms with van der Waals surface area (Å²) in [5.41, 5.74) is 0.961. The van der Waals surface area contributed by atoms with Gasteiger partial charge in [-0.25, -0.2) is 0 Å². The van der Waals surface area contributed by atoms with Crippen LogP contribution in [0.15, 0.2) is 12.1 Å². The van der Waals surface area contributed by atoms with E-state index in [0.717, 1.165) is 18.1 Å². The zero-order valence-electron chi connectivity index (χ0n) is 10.4. The molecule has 1 aromatic rings. The van der Waals surface area contributed by atoms with Crippen molar-refractivity contribution in [2.75, 3.05) is 17.3 Å². The molecule has 1 aliphatic rings. The van der Waals surface area contributed by atoms with Crippen molar-refractivity contribution < 1.29 is 0 Å². The third kappa shape index (κ3) is 3.32. The van der Waals surface area contributed by atoms with Crippen LogP contribution in [0.3, 0.4) is 0 Å². The van der Waals surface area contributed by atoms with Gasteiger partial charge in [0.1, 0.15) is 0 Å². The highest BCUT2D eigenvalue weighted by Gasteiger charge is 2.21. The molecule has 0 unspecified atom stereocenters. The fourth-order valence-electron chi connectivity index (χ4n) is 2.51. The van der Waals surface area contributed by atoms with Crippen LogP contribution in [0, 0.1) is 6.92 Å². The van der Waals surface area contributed by atoms with E-state index >= 15 is 0 Å². The molecule has 3 nitrogen and oxygen atoms in total. The topological polar surface area (TPSA) is 29.0 Å². The van der Waals surface area contributed by atoms with E-state index in [2.05, 4.69) is 21.2 Å². The zero-order chi connectivity index (χ0) is 12.1. The summed E-state index contributed by atoms with van der Waals surface area (Å²) in [6.07, 6.45) is 6.52. The van der Waals surface area contributed by atoms with E-state index in [1.54, 1.807) is 0 Å². The van der Waals surface area contributed by atoms with Gasteiger partial charge in [-0.15, -0.1) is 16.7 Å². The van der Waals surface area contributed by atoms with Crippen molar-refractivity contribution in [2.45, 2.75) is 45.1 Å². The van der Waals surface area contributed by atoms with Crippen LogP contribution in [0.25, 0.3) is 0 Å². The lowest BCUT2D eigenvalue weighted by atomic mass is 9.94. The smallest absolute Gasteiger partial charge is 0.151 e. The first-order valence-corrected chi connectivity index (χ1v) is 6.97. The minimum atomic E-state index is 0.597. The molecule has 0 N–H and O–H groups in total. The molecule has 0 spiro atoms. The van der Waals surface area contributed by atoms with E-state index < -0.39 is 0 Å². The van der Waals surface area contributed by atoms with Crippen molar-refractivity contribution in [3.63, 3.8) is 0 Å². The fraction of sp³-hybridized carbons (Fsp3) is 0.692. The average Bonchev–Trinajstić information content (AvgIpc) is 2.38. The number of nitrogens with zero attached hydrogens (tertiary/aromatic N) is 3. The van der Waals surface area contributed by atoms with Crippen molar-refractivity contribution >= 4 is 17.4 Å². The molecule has 0 radical (unpaired) electrons. The molecule has 94 valence electrons. The van der Waals surface area contributed by atoms with Crippen molar-refractivity contribution in [1.29, 1.82) is 0 Å². The van der Waals surface area contributed by atoms with Gasteiger partial charge in [0.05, 0.1) is 5.69 Å². The van der Waals surface area contributed by atoms with Gasteiger partial charge in [-0.2, -0.15) is 5.10 Å². The van der Waals surface area contributed by atoms with Crippen LogP contribution in [0.4, 0.5) is 5.82 Å². The normalized spacial score (nSPS) is 17.1. The predicted molar refractivity (Wildman–Crippen MR) is 71.7 cm³/mol. The molecule has 0 aromatic carbocycles. The van der Waals surface area contributed by atoms with Gasteiger partial charge in [0.25, 0.3) is 0 Å². The molecule has 0 aliphatic heterocycles. The molecule has 1 saturated carbocycles. The van der Waals surface area contributed by atoms with E-state index in [4.69, 9.17) is 11.6 Å². The molecule has 1 fully saturated rings. The monoisotopic (exact) mass is 253 g/mol. The summed E-state index contributed by atoms with van der Waals surface area (Å²) < 4.78 is 0. The fourth-order valence-corrected chi connectivity index (χ4v) is 2.70. The van der Waals surface area contributed by atoms with Crippen LogP contribution in [-0.2, 0) is 0 Å². The van der Waals surface area contributed by atoms with Crippen LogP contribution in [-0.4, -0.2) is 28.7 Å². The summed E-state index contributed by atoms with van der Waals surface area (Å²) in [6.45, 7) is 2.83. The number of aromatic nitrogens is 2. The molecular weight excluding hydrogens is 234 g/mol. The van der Waals surface area contributed by atoms with Crippen LogP contribution in [0.1, 0.15) is 37.8 Å². The molecule has 0 saturated heterocycles. The van der Waals surface area contributed by atoms with E-state index in [1.807, 2.05) is 13.0 Å². The summed E-state index contributed by atoms with van der Waals surface area (Å²) in [5.74, 6) is 1.62. The molecule has 4 heteroatoms. The quantitative estimate of drug-likeness (QED) is 0.772.